The molecule has 1 saturated carbocycles. The lowest BCUT2D eigenvalue weighted by Crippen LogP contribution is -2.44. The van der Waals surface area contributed by atoms with Crippen LogP contribution in [-0.2, 0) is 0 Å². The molecular formula is C43H48N2. The fourth-order valence-corrected chi connectivity index (χ4v) is 8.16. The maximum Gasteiger partial charge on any atom is 0.0605 e. The third-order valence-corrected chi connectivity index (χ3v) is 10.4. The number of hydrogen-bond acceptors (Lipinski definition) is 2. The standard InChI is InChI=1S/C43H48N2/c1-5-15-37(40-20-12-13-21-41(40)38(16-6-2)39-22-14-19-31(7-3)36(39)8-4)33-23-25-34(26-24-33)42-30-45-28-27-35(29-43(45)44-42)32-17-10-9-11-18-32/h5-8,12-16,19-26,32,35,42-44H,1-4,9-11,17-18,27-30H2/b37-15+,38-16+. The van der Waals surface area contributed by atoms with Crippen LogP contribution in [0.25, 0.3) is 23.3 Å². The van der Waals surface area contributed by atoms with Crippen LogP contribution in [0, 0.1) is 11.8 Å². The highest BCUT2D eigenvalue weighted by Gasteiger charge is 2.39. The van der Waals surface area contributed by atoms with Crippen LogP contribution in [0.4, 0.5) is 0 Å². The van der Waals surface area contributed by atoms with Gasteiger partial charge >= 0.3 is 0 Å². The Kier molecular flexibility index (Phi) is 9.94. The Morgan fingerprint density at radius 2 is 1.38 bits per heavy atom. The zero-order valence-corrected chi connectivity index (χ0v) is 26.8. The van der Waals surface area contributed by atoms with Gasteiger partial charge in [-0.25, -0.2) is 0 Å². The van der Waals surface area contributed by atoms with E-state index in [1.54, 1.807) is 0 Å². The van der Waals surface area contributed by atoms with Crippen LogP contribution in [0.2, 0.25) is 0 Å². The number of rotatable bonds is 10. The smallest absolute Gasteiger partial charge is 0.0605 e. The van der Waals surface area contributed by atoms with Crippen LogP contribution >= 0.6 is 0 Å². The number of nitrogens with one attached hydrogen (secondary N) is 1. The first-order chi connectivity index (χ1) is 22.1. The van der Waals surface area contributed by atoms with Crippen LogP contribution in [0.1, 0.15) is 89.9 Å². The molecule has 3 aliphatic rings. The van der Waals surface area contributed by atoms with E-state index in [0.29, 0.717) is 12.2 Å². The van der Waals surface area contributed by atoms with Gasteiger partial charge in [0, 0.05) is 12.6 Å². The van der Waals surface area contributed by atoms with Gasteiger partial charge in [0.15, 0.2) is 0 Å². The van der Waals surface area contributed by atoms with E-state index in [1.165, 1.54) is 62.6 Å². The van der Waals surface area contributed by atoms with Crippen LogP contribution in [0.5, 0.6) is 0 Å². The van der Waals surface area contributed by atoms with E-state index < -0.39 is 0 Å². The first kappa shape index (κ1) is 31.0. The molecule has 230 valence electrons. The molecule has 2 saturated heterocycles. The fraction of sp³-hybridized carbons (Fsp3) is 0.302. The molecule has 0 spiro atoms. The summed E-state index contributed by atoms with van der Waals surface area (Å²) in [6.07, 6.45) is 22.2. The summed E-state index contributed by atoms with van der Waals surface area (Å²) in [6.45, 7) is 18.6. The first-order valence-electron chi connectivity index (χ1n) is 16.9. The lowest BCUT2D eigenvalue weighted by Gasteiger charge is -2.39. The lowest BCUT2D eigenvalue weighted by molar-refractivity contribution is 0.0945. The van der Waals surface area contributed by atoms with Crippen molar-refractivity contribution in [3.63, 3.8) is 0 Å². The fourth-order valence-electron chi connectivity index (χ4n) is 8.16. The monoisotopic (exact) mass is 592 g/mol. The third-order valence-electron chi connectivity index (χ3n) is 10.4. The van der Waals surface area contributed by atoms with Crippen molar-refractivity contribution in [1.29, 1.82) is 0 Å². The molecule has 0 amide bonds. The van der Waals surface area contributed by atoms with Gasteiger partial charge in [0.2, 0.25) is 0 Å². The highest BCUT2D eigenvalue weighted by Crippen LogP contribution is 2.40. The second kappa shape index (κ2) is 14.4. The van der Waals surface area contributed by atoms with Gasteiger partial charge in [-0.05, 0) is 81.3 Å². The molecule has 2 nitrogen and oxygen atoms in total. The topological polar surface area (TPSA) is 15.3 Å². The molecule has 3 aromatic rings. The van der Waals surface area contributed by atoms with Crippen LogP contribution in [0.3, 0.4) is 0 Å². The number of fused-ring (bicyclic) bond motifs is 1. The highest BCUT2D eigenvalue weighted by atomic mass is 15.3. The van der Waals surface area contributed by atoms with Crippen LogP contribution < -0.4 is 5.32 Å². The summed E-state index contributed by atoms with van der Waals surface area (Å²) in [5, 5.41) is 4.02. The average molecular weight is 593 g/mol. The van der Waals surface area contributed by atoms with Crippen LogP contribution in [-0.4, -0.2) is 24.2 Å². The van der Waals surface area contributed by atoms with Crippen molar-refractivity contribution in [3.05, 3.63) is 156 Å². The molecule has 2 heterocycles. The Bertz CT molecular complexity index is 1600. The second-order valence-corrected chi connectivity index (χ2v) is 12.9. The van der Waals surface area contributed by atoms with E-state index in [4.69, 9.17) is 0 Å². The van der Waals surface area contributed by atoms with E-state index in [0.717, 1.165) is 57.3 Å². The van der Waals surface area contributed by atoms with Gasteiger partial charge in [-0.15, -0.1) is 0 Å². The molecule has 45 heavy (non-hydrogen) atoms. The molecule has 1 N–H and O–H groups in total. The van der Waals surface area contributed by atoms with Gasteiger partial charge in [-0.3, -0.25) is 10.2 Å². The quantitative estimate of drug-likeness (QED) is 0.236. The van der Waals surface area contributed by atoms with E-state index in [2.05, 4.69) is 115 Å². The lowest BCUT2D eigenvalue weighted by atomic mass is 9.75. The Balaban J connectivity index is 1.27. The summed E-state index contributed by atoms with van der Waals surface area (Å²) in [7, 11) is 0. The predicted octanol–water partition coefficient (Wildman–Crippen LogP) is 10.5. The Morgan fingerprint density at radius 1 is 0.689 bits per heavy atom. The molecule has 3 unspecified atom stereocenters. The van der Waals surface area contributed by atoms with Gasteiger partial charge in [0.05, 0.1) is 6.17 Å². The zero-order valence-electron chi connectivity index (χ0n) is 26.8. The summed E-state index contributed by atoms with van der Waals surface area (Å²) < 4.78 is 0. The SMILES string of the molecule is C=C/C=C(/c1ccccc1/C(=C/C=C)c1ccc(C2CN3CCC(C4CCCCC4)CC3N2)cc1)c1cccc(C=C)c1C=C. The van der Waals surface area contributed by atoms with Crippen LogP contribution in [0.15, 0.2) is 117 Å². The van der Waals surface area contributed by atoms with Crippen molar-refractivity contribution < 1.29 is 0 Å². The number of nitrogens with zero attached hydrogens (tertiary/aromatic N) is 1. The van der Waals surface area contributed by atoms with E-state index >= 15 is 0 Å². The normalized spacial score (nSPS) is 22.9. The van der Waals surface area contributed by atoms with E-state index in [9.17, 15) is 0 Å². The van der Waals surface area contributed by atoms with Crippen molar-refractivity contribution in [2.75, 3.05) is 13.1 Å². The third kappa shape index (κ3) is 6.54. The maximum atomic E-state index is 4.13. The molecule has 0 aromatic heterocycles. The van der Waals surface area contributed by atoms with Gasteiger partial charge < -0.3 is 0 Å². The van der Waals surface area contributed by atoms with Crippen molar-refractivity contribution in [3.8, 4) is 0 Å². The molecular weight excluding hydrogens is 544 g/mol. The summed E-state index contributed by atoms with van der Waals surface area (Å²) >= 11 is 0. The summed E-state index contributed by atoms with van der Waals surface area (Å²) in [5.41, 5.74) is 10.3. The molecule has 1 aliphatic carbocycles. The van der Waals surface area contributed by atoms with Crippen molar-refractivity contribution >= 4 is 23.3 Å². The number of benzene rings is 3. The van der Waals surface area contributed by atoms with Crippen molar-refractivity contribution in [2.45, 2.75) is 57.2 Å². The second-order valence-electron chi connectivity index (χ2n) is 12.9. The molecule has 2 heteroatoms. The molecule has 6 rings (SSSR count). The Morgan fingerprint density at radius 3 is 2.07 bits per heavy atom. The molecule has 2 aliphatic heterocycles. The van der Waals surface area contributed by atoms with Gasteiger partial charge in [-0.2, -0.15) is 0 Å². The Labute approximate surface area is 271 Å². The largest absolute Gasteiger partial charge is 0.294 e. The van der Waals surface area contributed by atoms with Crippen molar-refractivity contribution in [1.82, 2.24) is 10.2 Å². The number of hydrogen-bond donors (Lipinski definition) is 1. The summed E-state index contributed by atoms with van der Waals surface area (Å²) in [4.78, 5) is 2.70. The van der Waals surface area contributed by atoms with E-state index in [-0.39, 0.29) is 0 Å². The molecule has 0 bridgehead atoms. The average Bonchev–Trinajstić information content (AvgIpc) is 3.53. The minimum Gasteiger partial charge on any atom is -0.294 e. The molecule has 3 atom stereocenters. The summed E-state index contributed by atoms with van der Waals surface area (Å²) in [6, 6.07) is 24.5. The van der Waals surface area contributed by atoms with Gasteiger partial charge in [0.25, 0.3) is 0 Å². The maximum absolute atomic E-state index is 4.13. The minimum atomic E-state index is 0.380. The van der Waals surface area contributed by atoms with Gasteiger partial charge in [-0.1, -0.05) is 162 Å². The number of piperidine rings is 1. The molecule has 3 aromatic carbocycles. The number of allylic oxidation sites excluding steroid dienone is 4. The zero-order chi connectivity index (χ0) is 31.2. The minimum absolute atomic E-state index is 0.380. The van der Waals surface area contributed by atoms with E-state index in [1.807, 2.05) is 24.3 Å². The highest BCUT2D eigenvalue weighted by molar-refractivity contribution is 5.94. The van der Waals surface area contributed by atoms with Crippen molar-refractivity contribution in [2.24, 2.45) is 11.8 Å². The molecule has 3 fully saturated rings. The Hall–Kier alpha value is -3.98. The first-order valence-corrected chi connectivity index (χ1v) is 16.9. The molecule has 0 radical (unpaired) electrons. The van der Waals surface area contributed by atoms with Gasteiger partial charge in [0.1, 0.15) is 0 Å². The summed E-state index contributed by atoms with van der Waals surface area (Å²) in [5.74, 6) is 1.85. The predicted molar refractivity (Wildman–Crippen MR) is 195 cm³/mol.